The van der Waals surface area contributed by atoms with Gasteiger partial charge >= 0.3 is 6.09 Å². The van der Waals surface area contributed by atoms with Gasteiger partial charge in [-0.15, -0.1) is 0 Å². The first-order valence-corrected chi connectivity index (χ1v) is 11.6. The molecular weight excluding hydrogens is 472 g/mol. The zero-order valence-electron chi connectivity index (χ0n) is 22.3. The summed E-state index contributed by atoms with van der Waals surface area (Å²) < 4.78 is 5.89. The predicted octanol–water partition coefficient (Wildman–Crippen LogP) is 5.24. The monoisotopic (exact) mass is 508 g/mol. The Labute approximate surface area is 217 Å². The highest BCUT2D eigenvalue weighted by Gasteiger charge is 2.35. The summed E-state index contributed by atoms with van der Waals surface area (Å²) in [5, 5.41) is 21.8. The molecule has 3 aromatic rings. The zero-order valence-corrected chi connectivity index (χ0v) is 22.3. The molecule has 0 saturated carbocycles. The molecule has 2 aromatic heterocycles. The number of guanidine groups is 1. The number of aromatic nitrogens is 3. The molecule has 0 unspecified atom stereocenters. The van der Waals surface area contributed by atoms with Gasteiger partial charge < -0.3 is 26.2 Å². The standard InChI is InChI=1S/C17H17N7O.C9H19NO2/c1-20-17-22-10-8-14(24-17)13-3-2-9-21-15(13)25-12-6-4-11(5-7-12)23-16(18)19;1-8(2,3)10(7(11)12)9(4,5)6/h2-10H,1H3,(H4,18,19,23)(H,20,22,24);1-6H3,(H,11,12). The lowest BCUT2D eigenvalue weighted by Gasteiger charge is -2.43. The van der Waals surface area contributed by atoms with Crippen LogP contribution in [0.25, 0.3) is 11.3 Å². The Morgan fingerprint density at radius 3 is 2.11 bits per heavy atom. The van der Waals surface area contributed by atoms with E-state index in [0.29, 0.717) is 29.0 Å². The van der Waals surface area contributed by atoms with Crippen molar-refractivity contribution in [2.24, 2.45) is 5.73 Å². The first kappa shape index (κ1) is 28.8. The molecule has 0 aliphatic carbocycles. The smallest absolute Gasteiger partial charge is 0.408 e. The molecule has 0 radical (unpaired) electrons. The number of pyridine rings is 1. The Morgan fingerprint density at radius 2 is 1.62 bits per heavy atom. The molecule has 6 N–H and O–H groups in total. The van der Waals surface area contributed by atoms with E-state index in [9.17, 15) is 4.79 Å². The van der Waals surface area contributed by atoms with Crippen LogP contribution in [-0.2, 0) is 0 Å². The maximum Gasteiger partial charge on any atom is 0.408 e. The van der Waals surface area contributed by atoms with Crippen LogP contribution >= 0.6 is 0 Å². The van der Waals surface area contributed by atoms with Crippen molar-refractivity contribution in [3.63, 3.8) is 0 Å². The third-order valence-corrected chi connectivity index (χ3v) is 4.81. The summed E-state index contributed by atoms with van der Waals surface area (Å²) in [4.78, 5) is 25.2. The summed E-state index contributed by atoms with van der Waals surface area (Å²) in [5.74, 6) is 1.45. The number of nitrogens with two attached hydrogens (primary N) is 1. The van der Waals surface area contributed by atoms with E-state index in [1.807, 2.05) is 53.7 Å². The average molecular weight is 509 g/mol. The number of nitrogens with zero attached hydrogens (tertiary/aromatic N) is 4. The number of carbonyl (C=O) groups is 1. The molecule has 0 aliphatic rings. The van der Waals surface area contributed by atoms with Crippen LogP contribution in [0.4, 0.5) is 16.4 Å². The topological polar surface area (TPSA) is 162 Å². The second-order valence-electron chi connectivity index (χ2n) is 10.00. The Balaban J connectivity index is 0.000000341. The van der Waals surface area contributed by atoms with E-state index in [0.717, 1.165) is 5.56 Å². The van der Waals surface area contributed by atoms with E-state index in [1.54, 1.807) is 49.8 Å². The van der Waals surface area contributed by atoms with E-state index >= 15 is 0 Å². The predicted molar refractivity (Wildman–Crippen MR) is 146 cm³/mol. The molecule has 1 amide bonds. The van der Waals surface area contributed by atoms with Crippen molar-refractivity contribution in [3.8, 4) is 22.9 Å². The number of anilines is 2. The molecule has 2 heterocycles. The minimum Gasteiger partial charge on any atom is -0.465 e. The minimum atomic E-state index is -0.866. The maximum atomic E-state index is 10.9. The fourth-order valence-corrected chi connectivity index (χ4v) is 3.75. The summed E-state index contributed by atoms with van der Waals surface area (Å²) in [6, 6.07) is 12.6. The van der Waals surface area contributed by atoms with Gasteiger partial charge in [-0.3, -0.25) is 10.3 Å². The van der Waals surface area contributed by atoms with Crippen molar-refractivity contribution in [3.05, 3.63) is 54.9 Å². The highest BCUT2D eigenvalue weighted by atomic mass is 16.5. The van der Waals surface area contributed by atoms with E-state index < -0.39 is 6.09 Å². The quantitative estimate of drug-likeness (QED) is 0.229. The Morgan fingerprint density at radius 1 is 1.00 bits per heavy atom. The number of nitrogens with one attached hydrogen (secondary N) is 3. The van der Waals surface area contributed by atoms with Gasteiger partial charge in [0.1, 0.15) is 5.75 Å². The first-order valence-electron chi connectivity index (χ1n) is 11.6. The molecule has 1 aromatic carbocycles. The molecule has 0 fully saturated rings. The SMILES string of the molecule is CC(C)(C)N(C(=O)O)C(C)(C)C.CNc1nccc(-c2cccnc2Oc2ccc(NC(=N)N)cc2)n1. The minimum absolute atomic E-state index is 0.121. The summed E-state index contributed by atoms with van der Waals surface area (Å²) in [5.41, 5.74) is 6.79. The van der Waals surface area contributed by atoms with Crippen LogP contribution in [0, 0.1) is 5.41 Å². The number of hydrogen-bond donors (Lipinski definition) is 5. The van der Waals surface area contributed by atoms with Crippen molar-refractivity contribution in [1.29, 1.82) is 5.41 Å². The van der Waals surface area contributed by atoms with E-state index in [-0.39, 0.29) is 17.0 Å². The van der Waals surface area contributed by atoms with Crippen LogP contribution < -0.4 is 21.1 Å². The van der Waals surface area contributed by atoms with Crippen LogP contribution in [0.15, 0.2) is 54.9 Å². The normalized spacial score (nSPS) is 11.0. The zero-order chi connectivity index (χ0) is 27.8. The van der Waals surface area contributed by atoms with Gasteiger partial charge in [0.2, 0.25) is 11.8 Å². The third kappa shape index (κ3) is 8.64. The average Bonchev–Trinajstić information content (AvgIpc) is 2.78. The third-order valence-electron chi connectivity index (χ3n) is 4.81. The van der Waals surface area contributed by atoms with E-state index in [2.05, 4.69) is 25.6 Å². The van der Waals surface area contributed by atoms with Gasteiger partial charge in [-0.25, -0.2) is 19.7 Å². The summed E-state index contributed by atoms with van der Waals surface area (Å²) in [7, 11) is 1.76. The Hall–Kier alpha value is -4.41. The van der Waals surface area contributed by atoms with Crippen molar-refractivity contribution in [2.45, 2.75) is 52.6 Å². The number of carboxylic acid groups (broad SMARTS) is 1. The van der Waals surface area contributed by atoms with Gasteiger partial charge in [0.05, 0.1) is 11.3 Å². The molecule has 37 heavy (non-hydrogen) atoms. The second-order valence-corrected chi connectivity index (χ2v) is 10.00. The number of ether oxygens (including phenoxy) is 1. The number of amides is 1. The largest absolute Gasteiger partial charge is 0.465 e. The first-order chi connectivity index (χ1) is 17.2. The van der Waals surface area contributed by atoms with Gasteiger partial charge in [0.25, 0.3) is 0 Å². The Kier molecular flexibility index (Phi) is 9.36. The lowest BCUT2D eigenvalue weighted by Crippen LogP contribution is -2.55. The van der Waals surface area contributed by atoms with Gasteiger partial charge in [0.15, 0.2) is 5.96 Å². The van der Waals surface area contributed by atoms with E-state index in [1.165, 1.54) is 4.90 Å². The summed E-state index contributed by atoms with van der Waals surface area (Å²) in [6.45, 7) is 11.4. The lowest BCUT2D eigenvalue weighted by atomic mass is 9.97. The number of rotatable bonds is 5. The fourth-order valence-electron chi connectivity index (χ4n) is 3.75. The van der Waals surface area contributed by atoms with Crippen molar-refractivity contribution >= 4 is 23.7 Å². The van der Waals surface area contributed by atoms with Gasteiger partial charge in [0, 0.05) is 36.2 Å². The molecule has 0 saturated heterocycles. The maximum absolute atomic E-state index is 10.9. The molecule has 198 valence electrons. The fraction of sp³-hybridized carbons (Fsp3) is 0.346. The molecule has 0 atom stereocenters. The van der Waals surface area contributed by atoms with Crippen molar-refractivity contribution < 1.29 is 14.6 Å². The molecule has 0 aliphatic heterocycles. The Bertz CT molecular complexity index is 1190. The molecule has 11 nitrogen and oxygen atoms in total. The van der Waals surface area contributed by atoms with Crippen LogP contribution in [0.3, 0.4) is 0 Å². The summed E-state index contributed by atoms with van der Waals surface area (Å²) in [6.07, 6.45) is 2.47. The van der Waals surface area contributed by atoms with Crippen molar-refractivity contribution in [2.75, 3.05) is 17.7 Å². The molecule has 0 bridgehead atoms. The van der Waals surface area contributed by atoms with Gasteiger partial charge in [-0.2, -0.15) is 0 Å². The van der Waals surface area contributed by atoms with Crippen LogP contribution in [-0.4, -0.2) is 55.1 Å². The molecule has 0 spiro atoms. The lowest BCUT2D eigenvalue weighted by molar-refractivity contribution is 0.0419. The van der Waals surface area contributed by atoms with E-state index in [4.69, 9.17) is 21.0 Å². The summed E-state index contributed by atoms with van der Waals surface area (Å²) >= 11 is 0. The highest BCUT2D eigenvalue weighted by molar-refractivity contribution is 5.89. The molecule has 11 heteroatoms. The highest BCUT2D eigenvalue weighted by Crippen LogP contribution is 2.31. The molecule has 3 rings (SSSR count). The second kappa shape index (κ2) is 12.0. The van der Waals surface area contributed by atoms with Gasteiger partial charge in [-0.05, 0) is 84.0 Å². The van der Waals surface area contributed by atoms with Gasteiger partial charge in [-0.1, -0.05) is 0 Å². The van der Waals surface area contributed by atoms with Crippen LogP contribution in [0.1, 0.15) is 41.5 Å². The van der Waals surface area contributed by atoms with Crippen LogP contribution in [0.2, 0.25) is 0 Å². The number of benzene rings is 1. The van der Waals surface area contributed by atoms with Crippen molar-refractivity contribution in [1.82, 2.24) is 19.9 Å². The number of hydrogen-bond acceptors (Lipinski definition) is 7. The molecular formula is C26H36N8O3. The van der Waals surface area contributed by atoms with Crippen LogP contribution in [0.5, 0.6) is 11.6 Å².